The third-order valence-corrected chi connectivity index (χ3v) is 7.56. The first-order valence-corrected chi connectivity index (χ1v) is 12.8. The molecule has 5 N–H and O–H groups in total. The number of anilines is 1. The van der Waals surface area contributed by atoms with Gasteiger partial charge in [0.25, 0.3) is 11.5 Å². The third-order valence-electron chi connectivity index (χ3n) is 7.56. The number of aromatic amines is 1. The van der Waals surface area contributed by atoms with Gasteiger partial charge >= 0.3 is 0 Å². The highest BCUT2D eigenvalue weighted by molar-refractivity contribution is 5.98. The van der Waals surface area contributed by atoms with Crippen LogP contribution in [-0.4, -0.2) is 32.5 Å². The van der Waals surface area contributed by atoms with Crippen LogP contribution < -0.4 is 21.9 Å². The van der Waals surface area contributed by atoms with Crippen molar-refractivity contribution >= 4 is 11.6 Å². The summed E-state index contributed by atoms with van der Waals surface area (Å²) < 4.78 is 1.94. The predicted octanol–water partition coefficient (Wildman–Crippen LogP) is 3.95. The Morgan fingerprint density at radius 3 is 2.56 bits per heavy atom. The van der Waals surface area contributed by atoms with E-state index in [0.717, 1.165) is 59.6 Å². The molecule has 192 valence electrons. The summed E-state index contributed by atoms with van der Waals surface area (Å²) in [6, 6.07) is 6.43. The van der Waals surface area contributed by atoms with Crippen LogP contribution in [0.25, 0.3) is 11.4 Å². The highest BCUT2D eigenvalue weighted by atomic mass is 16.1. The lowest BCUT2D eigenvalue weighted by Crippen LogP contribution is -2.34. The average molecular weight is 491 g/mol. The number of nitrogens with zero attached hydrogens (tertiary/aromatic N) is 2. The van der Waals surface area contributed by atoms with E-state index in [0.29, 0.717) is 23.1 Å². The molecule has 0 bridgehead atoms. The molecule has 1 aromatic carbocycles. The fraction of sp³-hybridized carbons (Fsp3) is 0.464. The number of hydrogen-bond donors (Lipinski definition) is 4. The monoisotopic (exact) mass is 490 g/mol. The molecule has 1 aliphatic carbocycles. The summed E-state index contributed by atoms with van der Waals surface area (Å²) in [5, 5.41) is 6.66. The molecule has 1 unspecified atom stereocenters. The highest BCUT2D eigenvalue weighted by Gasteiger charge is 2.25. The maximum absolute atomic E-state index is 13.4. The number of carbonyl (C=O) groups excluding carboxylic acids is 1. The Hall–Kier alpha value is -3.39. The van der Waals surface area contributed by atoms with Crippen LogP contribution in [0.4, 0.5) is 5.69 Å². The van der Waals surface area contributed by atoms with E-state index in [1.807, 2.05) is 50.7 Å². The molecule has 8 nitrogen and oxygen atoms in total. The summed E-state index contributed by atoms with van der Waals surface area (Å²) in [5.41, 5.74) is 11.4. The summed E-state index contributed by atoms with van der Waals surface area (Å²) in [5.74, 6) is 1.10. The normalized spacial score (nSPS) is 18.6. The lowest BCUT2D eigenvalue weighted by Gasteiger charge is -2.32. The molecule has 0 spiro atoms. The van der Waals surface area contributed by atoms with E-state index in [4.69, 9.17) is 5.73 Å². The zero-order valence-electron chi connectivity index (χ0n) is 21.9. The van der Waals surface area contributed by atoms with Gasteiger partial charge in [0.05, 0.1) is 0 Å². The Morgan fingerprint density at radius 2 is 1.92 bits per heavy atom. The van der Waals surface area contributed by atoms with Crippen LogP contribution in [0.1, 0.15) is 65.3 Å². The minimum atomic E-state index is -0.220. The van der Waals surface area contributed by atoms with Crippen LogP contribution in [0.15, 0.2) is 35.4 Å². The van der Waals surface area contributed by atoms with Crippen molar-refractivity contribution in [3.8, 4) is 11.4 Å². The lowest BCUT2D eigenvalue weighted by atomic mass is 9.82. The second kappa shape index (κ2) is 10.7. The largest absolute Gasteiger partial charge is 0.382 e. The predicted molar refractivity (Wildman–Crippen MR) is 144 cm³/mol. The zero-order valence-corrected chi connectivity index (χ0v) is 21.9. The van der Waals surface area contributed by atoms with Gasteiger partial charge in [-0.1, -0.05) is 0 Å². The summed E-state index contributed by atoms with van der Waals surface area (Å²) >= 11 is 0. The SMILES string of the molecule is Cc1cc(C)c(CNC(=O)c2cc(-c3nccn3C)cc(NC(C)C3CCC(N)CC3)c2C)c(=O)[nH]1. The van der Waals surface area contributed by atoms with E-state index in [9.17, 15) is 9.59 Å². The maximum Gasteiger partial charge on any atom is 0.253 e. The van der Waals surface area contributed by atoms with Crippen LogP contribution in [0.2, 0.25) is 0 Å². The van der Waals surface area contributed by atoms with Gasteiger partial charge in [-0.2, -0.15) is 0 Å². The fourth-order valence-corrected chi connectivity index (χ4v) is 5.25. The third kappa shape index (κ3) is 5.54. The van der Waals surface area contributed by atoms with Crippen molar-refractivity contribution in [3.63, 3.8) is 0 Å². The molecule has 36 heavy (non-hydrogen) atoms. The van der Waals surface area contributed by atoms with E-state index >= 15 is 0 Å². The first kappa shape index (κ1) is 25.7. The molecular formula is C28H38N6O2. The summed E-state index contributed by atoms with van der Waals surface area (Å²) in [6.07, 6.45) is 7.95. The van der Waals surface area contributed by atoms with E-state index < -0.39 is 0 Å². The first-order valence-electron chi connectivity index (χ1n) is 12.8. The van der Waals surface area contributed by atoms with Crippen molar-refractivity contribution in [1.82, 2.24) is 19.9 Å². The Labute approximate surface area is 212 Å². The Balaban J connectivity index is 1.63. The summed E-state index contributed by atoms with van der Waals surface area (Å²) in [6.45, 7) is 8.07. The standard InChI is InChI=1S/C28H38N6O2/c1-16-12-17(2)32-28(36)24(16)15-31-27(35)23-13-21(26-30-10-11-34(26)5)14-25(18(23)3)33-19(4)20-6-8-22(29)9-7-20/h10-14,19-20,22,33H,6-9,15,29H2,1-5H3,(H,31,35)(H,32,36). The zero-order chi connectivity index (χ0) is 26.0. The molecule has 1 saturated carbocycles. The van der Waals surface area contributed by atoms with Gasteiger partial charge in [-0.3, -0.25) is 9.59 Å². The van der Waals surface area contributed by atoms with E-state index in [-0.39, 0.29) is 24.1 Å². The maximum atomic E-state index is 13.4. The van der Waals surface area contributed by atoms with E-state index in [2.05, 4.69) is 33.6 Å². The molecule has 0 aliphatic heterocycles. The molecule has 8 heteroatoms. The molecule has 1 atom stereocenters. The molecule has 4 rings (SSSR count). The van der Waals surface area contributed by atoms with Crippen molar-refractivity contribution in [2.45, 2.75) is 72.0 Å². The van der Waals surface area contributed by atoms with E-state index in [1.165, 1.54) is 0 Å². The topological polar surface area (TPSA) is 118 Å². The minimum Gasteiger partial charge on any atom is -0.382 e. The van der Waals surface area contributed by atoms with Crippen molar-refractivity contribution in [2.75, 3.05) is 5.32 Å². The van der Waals surface area contributed by atoms with Gasteiger partial charge in [0.15, 0.2) is 0 Å². The van der Waals surface area contributed by atoms with Gasteiger partial charge in [0.2, 0.25) is 0 Å². The number of aryl methyl sites for hydroxylation is 3. The molecular weight excluding hydrogens is 452 g/mol. The molecule has 0 saturated heterocycles. The number of amides is 1. The van der Waals surface area contributed by atoms with Gasteiger partial charge in [0.1, 0.15) is 5.82 Å². The number of imidazole rings is 1. The van der Waals surface area contributed by atoms with Gasteiger partial charge in [-0.25, -0.2) is 4.98 Å². The number of nitrogens with one attached hydrogen (secondary N) is 3. The second-order valence-corrected chi connectivity index (χ2v) is 10.3. The van der Waals surface area contributed by atoms with E-state index in [1.54, 1.807) is 6.20 Å². The van der Waals surface area contributed by atoms with Gasteiger partial charge in [0, 0.05) is 66.1 Å². The Morgan fingerprint density at radius 1 is 1.19 bits per heavy atom. The second-order valence-electron chi connectivity index (χ2n) is 10.3. The summed E-state index contributed by atoms with van der Waals surface area (Å²) in [4.78, 5) is 33.2. The van der Waals surface area contributed by atoms with Gasteiger partial charge in [-0.15, -0.1) is 0 Å². The van der Waals surface area contributed by atoms with Crippen LogP contribution in [0.3, 0.4) is 0 Å². The van der Waals surface area contributed by atoms with Crippen molar-refractivity contribution < 1.29 is 4.79 Å². The molecule has 0 radical (unpaired) electrons. The van der Waals surface area contributed by atoms with Crippen LogP contribution >= 0.6 is 0 Å². The molecule has 2 aromatic heterocycles. The quantitative estimate of drug-likeness (QED) is 0.400. The average Bonchev–Trinajstić information content (AvgIpc) is 3.25. The minimum absolute atomic E-state index is 0.161. The van der Waals surface area contributed by atoms with Gasteiger partial charge < -0.3 is 25.9 Å². The number of rotatable bonds is 7. The molecule has 1 fully saturated rings. The molecule has 1 aliphatic rings. The smallest absolute Gasteiger partial charge is 0.253 e. The van der Waals surface area contributed by atoms with Crippen LogP contribution in [0.5, 0.6) is 0 Å². The number of carbonyl (C=O) groups is 1. The number of pyridine rings is 1. The lowest BCUT2D eigenvalue weighted by molar-refractivity contribution is 0.0950. The Bertz CT molecular complexity index is 1300. The number of aromatic nitrogens is 3. The summed E-state index contributed by atoms with van der Waals surface area (Å²) in [7, 11) is 1.94. The fourth-order valence-electron chi connectivity index (χ4n) is 5.25. The van der Waals surface area contributed by atoms with Crippen LogP contribution in [-0.2, 0) is 13.6 Å². The number of hydrogen-bond acceptors (Lipinski definition) is 5. The highest BCUT2D eigenvalue weighted by Crippen LogP contribution is 2.32. The number of H-pyrrole nitrogens is 1. The molecule has 3 aromatic rings. The molecule has 2 heterocycles. The van der Waals surface area contributed by atoms with Crippen molar-refractivity contribution in [3.05, 3.63) is 68.9 Å². The first-order chi connectivity index (χ1) is 17.1. The number of benzene rings is 1. The van der Waals surface area contributed by atoms with Crippen molar-refractivity contribution in [2.24, 2.45) is 18.7 Å². The van der Waals surface area contributed by atoms with Crippen LogP contribution in [0, 0.1) is 26.7 Å². The van der Waals surface area contributed by atoms with Gasteiger partial charge in [-0.05, 0) is 88.6 Å². The number of nitrogens with two attached hydrogens (primary N) is 1. The Kier molecular flexibility index (Phi) is 7.64. The van der Waals surface area contributed by atoms with Crippen molar-refractivity contribution in [1.29, 1.82) is 0 Å². The molecule has 1 amide bonds.